The molecule has 2 N–H and O–H groups in total. The van der Waals surface area contributed by atoms with Crippen molar-refractivity contribution in [1.29, 1.82) is 0 Å². The van der Waals surface area contributed by atoms with E-state index in [1.165, 1.54) is 18.2 Å². The highest BCUT2D eigenvalue weighted by Gasteiger charge is 2.63. The van der Waals surface area contributed by atoms with Gasteiger partial charge in [0.05, 0.1) is 21.3 Å². The molecule has 0 heterocycles. The molecule has 0 amide bonds. The van der Waals surface area contributed by atoms with Crippen LogP contribution >= 0.6 is 11.6 Å². The number of benzene rings is 2. The minimum atomic E-state index is -5.16. The molecular formula is C19H19ClF3NO5. The van der Waals surface area contributed by atoms with Gasteiger partial charge in [0.2, 0.25) is 5.75 Å². The lowest BCUT2D eigenvalue weighted by Gasteiger charge is -2.35. The van der Waals surface area contributed by atoms with Gasteiger partial charge >= 0.3 is 12.1 Å². The van der Waals surface area contributed by atoms with Gasteiger partial charge in [0, 0.05) is 16.3 Å². The SMILES string of the molecule is COC(=O)[C@@](Nc1ccc(C)c(Cl)c1)(c1cc(OC)c(O)c(OC)c1)C(F)(F)F. The minimum absolute atomic E-state index is 0.0747. The molecule has 0 aliphatic heterocycles. The van der Waals surface area contributed by atoms with Gasteiger partial charge in [-0.25, -0.2) is 4.79 Å². The first-order chi connectivity index (χ1) is 13.5. The minimum Gasteiger partial charge on any atom is -0.502 e. The van der Waals surface area contributed by atoms with Gasteiger partial charge in [0.1, 0.15) is 0 Å². The van der Waals surface area contributed by atoms with E-state index in [0.29, 0.717) is 5.56 Å². The first kappa shape index (κ1) is 22.5. The average molecular weight is 434 g/mol. The third-order valence-electron chi connectivity index (χ3n) is 4.33. The maximum atomic E-state index is 14.4. The molecule has 0 saturated carbocycles. The number of ether oxygens (including phenoxy) is 3. The summed E-state index contributed by atoms with van der Waals surface area (Å²) >= 11 is 6.02. The lowest BCUT2D eigenvalue weighted by atomic mass is 9.87. The molecule has 0 aliphatic carbocycles. The number of phenols is 1. The zero-order valence-electron chi connectivity index (χ0n) is 16.0. The molecule has 1 atom stereocenters. The van der Waals surface area contributed by atoms with Crippen molar-refractivity contribution >= 4 is 23.3 Å². The molecule has 2 aromatic rings. The Kier molecular flexibility index (Phi) is 6.42. The number of hydrogen-bond acceptors (Lipinski definition) is 6. The van der Waals surface area contributed by atoms with Crippen LogP contribution in [0.2, 0.25) is 5.02 Å². The summed E-state index contributed by atoms with van der Waals surface area (Å²) in [4.78, 5) is 12.5. The second-order valence-corrected chi connectivity index (χ2v) is 6.46. The van der Waals surface area contributed by atoms with E-state index in [2.05, 4.69) is 10.1 Å². The largest absolute Gasteiger partial charge is 0.502 e. The van der Waals surface area contributed by atoms with Crippen LogP contribution in [0.4, 0.5) is 18.9 Å². The Hall–Kier alpha value is -2.81. The number of hydrogen-bond donors (Lipinski definition) is 2. The zero-order chi connectivity index (χ0) is 22.0. The zero-order valence-corrected chi connectivity index (χ0v) is 16.7. The normalized spacial score (nSPS) is 13.4. The van der Waals surface area contributed by atoms with Gasteiger partial charge in [0.25, 0.3) is 5.54 Å². The number of halogens is 4. The number of phenolic OH excluding ortho intramolecular Hbond substituents is 1. The molecule has 0 unspecified atom stereocenters. The lowest BCUT2D eigenvalue weighted by molar-refractivity contribution is -0.201. The van der Waals surface area contributed by atoms with Gasteiger partial charge in [-0.2, -0.15) is 13.2 Å². The lowest BCUT2D eigenvalue weighted by Crippen LogP contribution is -2.55. The van der Waals surface area contributed by atoms with E-state index in [-0.39, 0.29) is 22.2 Å². The molecule has 0 saturated heterocycles. The monoisotopic (exact) mass is 433 g/mol. The summed E-state index contributed by atoms with van der Waals surface area (Å²) in [6.07, 6.45) is -5.16. The van der Waals surface area contributed by atoms with Crippen LogP contribution in [0.15, 0.2) is 30.3 Å². The van der Waals surface area contributed by atoms with Crippen molar-refractivity contribution in [2.75, 3.05) is 26.6 Å². The highest BCUT2D eigenvalue weighted by Crippen LogP contribution is 2.48. The quantitative estimate of drug-likeness (QED) is 0.657. The van der Waals surface area contributed by atoms with Crippen molar-refractivity contribution in [3.05, 3.63) is 46.5 Å². The van der Waals surface area contributed by atoms with Crippen molar-refractivity contribution < 1.29 is 37.3 Å². The Morgan fingerprint density at radius 3 is 2.03 bits per heavy atom. The third kappa shape index (κ3) is 4.00. The summed E-state index contributed by atoms with van der Waals surface area (Å²) in [7, 11) is 3.14. The van der Waals surface area contributed by atoms with E-state index in [1.807, 2.05) is 0 Å². The van der Waals surface area contributed by atoms with Gasteiger partial charge in [-0.15, -0.1) is 0 Å². The fourth-order valence-corrected chi connectivity index (χ4v) is 2.92. The first-order valence-corrected chi connectivity index (χ1v) is 8.54. The molecule has 2 aromatic carbocycles. The Bertz CT molecular complexity index is 894. The van der Waals surface area contributed by atoms with E-state index >= 15 is 0 Å². The molecule has 10 heteroatoms. The Labute approximate surface area is 170 Å². The highest BCUT2D eigenvalue weighted by atomic mass is 35.5. The van der Waals surface area contributed by atoms with Gasteiger partial charge in [0.15, 0.2) is 11.5 Å². The number of anilines is 1. The first-order valence-electron chi connectivity index (χ1n) is 8.16. The molecule has 6 nitrogen and oxygen atoms in total. The number of esters is 1. The Morgan fingerprint density at radius 2 is 1.62 bits per heavy atom. The van der Waals surface area contributed by atoms with Crippen LogP contribution < -0.4 is 14.8 Å². The summed E-state index contributed by atoms with van der Waals surface area (Å²) in [5.74, 6) is -2.78. The van der Waals surface area contributed by atoms with E-state index in [0.717, 1.165) is 33.5 Å². The molecule has 0 bridgehead atoms. The number of aryl methyl sites for hydroxylation is 1. The van der Waals surface area contributed by atoms with Crippen LogP contribution in [0.3, 0.4) is 0 Å². The van der Waals surface area contributed by atoms with Crippen LogP contribution in [-0.2, 0) is 15.1 Å². The molecule has 158 valence electrons. The summed E-state index contributed by atoms with van der Waals surface area (Å²) in [5, 5.41) is 12.5. The van der Waals surface area contributed by atoms with Crippen molar-refractivity contribution in [3.8, 4) is 17.2 Å². The average Bonchev–Trinajstić information content (AvgIpc) is 2.67. The van der Waals surface area contributed by atoms with Crippen LogP contribution in [0.25, 0.3) is 0 Å². The Balaban J connectivity index is 2.83. The predicted octanol–water partition coefficient (Wildman–Crippen LogP) is 4.41. The second kappa shape index (κ2) is 8.28. The molecule has 0 radical (unpaired) electrons. The van der Waals surface area contributed by atoms with Crippen LogP contribution in [0.1, 0.15) is 11.1 Å². The molecule has 2 rings (SSSR count). The predicted molar refractivity (Wildman–Crippen MR) is 101 cm³/mol. The molecule has 0 fully saturated rings. The van der Waals surface area contributed by atoms with Gasteiger partial charge < -0.3 is 24.6 Å². The number of carbonyl (C=O) groups is 1. The fraction of sp³-hybridized carbons (Fsp3) is 0.316. The van der Waals surface area contributed by atoms with E-state index in [4.69, 9.17) is 21.1 Å². The number of aromatic hydroxyl groups is 1. The molecule has 0 aromatic heterocycles. The summed E-state index contributed by atoms with van der Waals surface area (Å²) in [5.41, 5.74) is -3.38. The van der Waals surface area contributed by atoms with Crippen LogP contribution in [0, 0.1) is 6.92 Å². The standard InChI is InChI=1S/C19H19ClF3NO5/c1-10-5-6-12(9-13(10)20)24-18(17(26)29-4,19(21,22)23)11-7-14(27-2)16(25)15(8-11)28-3/h5-9,24-25H,1-4H3/t18-/m0/s1. The smallest absolute Gasteiger partial charge is 0.426 e. The number of alkyl halides is 3. The topological polar surface area (TPSA) is 77.0 Å². The maximum absolute atomic E-state index is 14.4. The van der Waals surface area contributed by atoms with Gasteiger partial charge in [-0.3, -0.25) is 0 Å². The van der Waals surface area contributed by atoms with E-state index < -0.39 is 29.0 Å². The van der Waals surface area contributed by atoms with Crippen LogP contribution in [-0.4, -0.2) is 38.6 Å². The Morgan fingerprint density at radius 1 is 1.07 bits per heavy atom. The van der Waals surface area contributed by atoms with Crippen LogP contribution in [0.5, 0.6) is 17.2 Å². The van der Waals surface area contributed by atoms with Crippen molar-refractivity contribution in [1.82, 2.24) is 0 Å². The number of rotatable bonds is 6. The van der Waals surface area contributed by atoms with Gasteiger partial charge in [-0.05, 0) is 36.8 Å². The summed E-state index contributed by atoms with van der Waals surface area (Å²) in [6, 6.07) is 5.87. The number of nitrogens with one attached hydrogen (secondary N) is 1. The van der Waals surface area contributed by atoms with E-state index in [1.54, 1.807) is 6.92 Å². The summed E-state index contributed by atoms with van der Waals surface area (Å²) < 4.78 is 57.6. The molecular weight excluding hydrogens is 415 g/mol. The van der Waals surface area contributed by atoms with E-state index in [9.17, 15) is 23.1 Å². The number of methoxy groups -OCH3 is 3. The third-order valence-corrected chi connectivity index (χ3v) is 4.74. The van der Waals surface area contributed by atoms with Crippen molar-refractivity contribution in [3.63, 3.8) is 0 Å². The maximum Gasteiger partial charge on any atom is 0.426 e. The molecule has 0 aliphatic rings. The second-order valence-electron chi connectivity index (χ2n) is 6.06. The van der Waals surface area contributed by atoms with Crippen molar-refractivity contribution in [2.45, 2.75) is 18.6 Å². The molecule has 29 heavy (non-hydrogen) atoms. The summed E-state index contributed by atoms with van der Waals surface area (Å²) in [6.45, 7) is 1.68. The fourth-order valence-electron chi connectivity index (χ4n) is 2.74. The highest BCUT2D eigenvalue weighted by molar-refractivity contribution is 6.31. The number of carbonyl (C=O) groups excluding carboxylic acids is 1. The van der Waals surface area contributed by atoms with Crippen molar-refractivity contribution in [2.24, 2.45) is 0 Å². The molecule has 0 spiro atoms. The van der Waals surface area contributed by atoms with Gasteiger partial charge in [-0.1, -0.05) is 17.7 Å².